The van der Waals surface area contributed by atoms with Crippen LogP contribution in [0.5, 0.6) is 0 Å². The average Bonchev–Trinajstić information content (AvgIpc) is 2.69. The van der Waals surface area contributed by atoms with Crippen LogP contribution in [-0.2, 0) is 10.0 Å². The van der Waals surface area contributed by atoms with Crippen LogP contribution < -0.4 is 9.62 Å². The van der Waals surface area contributed by atoms with Crippen molar-refractivity contribution in [3.05, 3.63) is 48.2 Å². The second-order valence-electron chi connectivity index (χ2n) is 7.20. The van der Waals surface area contributed by atoms with Crippen LogP contribution in [0.2, 0.25) is 0 Å². The van der Waals surface area contributed by atoms with Gasteiger partial charge in [-0.2, -0.15) is 0 Å². The zero-order valence-electron chi connectivity index (χ0n) is 16.3. The van der Waals surface area contributed by atoms with Crippen molar-refractivity contribution >= 4 is 21.5 Å². The van der Waals surface area contributed by atoms with Gasteiger partial charge in [-0.25, -0.2) is 13.4 Å². The van der Waals surface area contributed by atoms with E-state index in [9.17, 15) is 8.42 Å². The Bertz CT molecular complexity index is 924. The highest BCUT2D eigenvalue weighted by Crippen LogP contribution is 2.21. The van der Waals surface area contributed by atoms with E-state index in [1.165, 1.54) is 0 Å². The number of hydrogen-bond acceptors (Lipinski definition) is 5. The number of pyridine rings is 1. The summed E-state index contributed by atoms with van der Waals surface area (Å²) in [5.41, 5.74) is 1.55. The molecule has 1 fully saturated rings. The molecule has 0 aliphatic carbocycles. The van der Waals surface area contributed by atoms with E-state index in [4.69, 9.17) is 6.42 Å². The largest absolute Gasteiger partial charge is 0.354 e. The summed E-state index contributed by atoms with van der Waals surface area (Å²) in [6.07, 6.45) is 6.92. The summed E-state index contributed by atoms with van der Waals surface area (Å²) in [6.45, 7) is 8.30. The van der Waals surface area contributed by atoms with Crippen LogP contribution in [0.15, 0.2) is 47.5 Å². The topological polar surface area (TPSA) is 65.5 Å². The lowest BCUT2D eigenvalue weighted by Crippen LogP contribution is -2.46. The highest BCUT2D eigenvalue weighted by molar-refractivity contribution is 7.92. The summed E-state index contributed by atoms with van der Waals surface area (Å²) < 4.78 is 27.8. The van der Waals surface area contributed by atoms with Gasteiger partial charge < -0.3 is 4.90 Å². The smallest absolute Gasteiger partial charge is 0.261 e. The Hall–Kier alpha value is -2.56. The van der Waals surface area contributed by atoms with Crippen molar-refractivity contribution in [3.63, 3.8) is 0 Å². The van der Waals surface area contributed by atoms with E-state index in [1.54, 1.807) is 24.4 Å². The van der Waals surface area contributed by atoms with Gasteiger partial charge in [0.1, 0.15) is 5.82 Å². The Kier molecular flexibility index (Phi) is 6.22. The lowest BCUT2D eigenvalue weighted by atomic mass is 10.0. The predicted molar refractivity (Wildman–Crippen MR) is 113 cm³/mol. The number of piperazine rings is 1. The highest BCUT2D eigenvalue weighted by atomic mass is 32.2. The number of terminal acetylenes is 1. The Morgan fingerprint density at radius 3 is 2.32 bits per heavy atom. The maximum absolute atomic E-state index is 12.6. The molecule has 1 aliphatic rings. The zero-order valence-corrected chi connectivity index (χ0v) is 17.1. The molecule has 1 saturated heterocycles. The molecule has 0 bridgehead atoms. The Morgan fingerprint density at radius 2 is 1.79 bits per heavy atom. The van der Waals surface area contributed by atoms with Crippen molar-refractivity contribution < 1.29 is 8.42 Å². The van der Waals surface area contributed by atoms with Gasteiger partial charge in [-0.05, 0) is 35.7 Å². The molecular formula is C21H26N4O2S. The van der Waals surface area contributed by atoms with Gasteiger partial charge in [-0.3, -0.25) is 9.62 Å². The number of benzene rings is 1. The van der Waals surface area contributed by atoms with Gasteiger partial charge in [0, 0.05) is 26.2 Å². The minimum Gasteiger partial charge on any atom is -0.354 e. The van der Waals surface area contributed by atoms with Gasteiger partial charge in [0.05, 0.1) is 23.3 Å². The molecule has 7 heteroatoms. The summed E-state index contributed by atoms with van der Waals surface area (Å²) in [5.74, 6) is 3.86. The third-order valence-corrected chi connectivity index (χ3v) is 6.27. The SMILES string of the molecule is C#CCN1CCN(c2ccc(NS(=O)(=O)c3ccc(C(C)C)cc3)cn2)CC1. The van der Waals surface area contributed by atoms with Gasteiger partial charge in [0.25, 0.3) is 10.0 Å². The maximum atomic E-state index is 12.6. The molecule has 0 radical (unpaired) electrons. The fourth-order valence-corrected chi connectivity index (χ4v) is 4.19. The average molecular weight is 399 g/mol. The molecule has 0 atom stereocenters. The molecule has 2 aromatic rings. The maximum Gasteiger partial charge on any atom is 0.261 e. The van der Waals surface area contributed by atoms with E-state index in [0.29, 0.717) is 18.2 Å². The van der Waals surface area contributed by atoms with E-state index in [0.717, 1.165) is 37.6 Å². The first-order valence-corrected chi connectivity index (χ1v) is 10.9. The summed E-state index contributed by atoms with van der Waals surface area (Å²) in [7, 11) is -3.64. The molecule has 1 aliphatic heterocycles. The highest BCUT2D eigenvalue weighted by Gasteiger charge is 2.18. The molecule has 148 valence electrons. The first-order chi connectivity index (χ1) is 13.4. The fourth-order valence-electron chi connectivity index (χ4n) is 3.14. The van der Waals surface area contributed by atoms with Crippen molar-refractivity contribution in [1.29, 1.82) is 0 Å². The molecule has 2 heterocycles. The summed E-state index contributed by atoms with van der Waals surface area (Å²) in [6, 6.07) is 10.6. The number of aromatic nitrogens is 1. The Morgan fingerprint density at radius 1 is 1.11 bits per heavy atom. The van der Waals surface area contributed by atoms with Crippen molar-refractivity contribution in [2.75, 3.05) is 42.3 Å². The lowest BCUT2D eigenvalue weighted by Gasteiger charge is -2.34. The Labute approximate surface area is 167 Å². The quantitative estimate of drug-likeness (QED) is 0.758. The van der Waals surface area contributed by atoms with Crippen molar-refractivity contribution in [2.24, 2.45) is 0 Å². The molecule has 1 aromatic heterocycles. The van der Waals surface area contributed by atoms with Crippen molar-refractivity contribution in [2.45, 2.75) is 24.7 Å². The van der Waals surface area contributed by atoms with E-state index in [1.807, 2.05) is 18.2 Å². The predicted octanol–water partition coefficient (Wildman–Crippen LogP) is 2.76. The van der Waals surface area contributed by atoms with Crippen LogP contribution >= 0.6 is 0 Å². The first-order valence-electron chi connectivity index (χ1n) is 9.38. The van der Waals surface area contributed by atoms with Crippen LogP contribution in [0.3, 0.4) is 0 Å². The van der Waals surface area contributed by atoms with Gasteiger partial charge in [0.15, 0.2) is 0 Å². The monoisotopic (exact) mass is 398 g/mol. The minimum absolute atomic E-state index is 0.241. The molecule has 0 amide bonds. The first kappa shape index (κ1) is 20.2. The lowest BCUT2D eigenvalue weighted by molar-refractivity contribution is 0.287. The zero-order chi connectivity index (χ0) is 20.1. The molecule has 0 spiro atoms. The molecule has 3 rings (SSSR count). The van der Waals surface area contributed by atoms with Gasteiger partial charge in [-0.1, -0.05) is 31.9 Å². The fraction of sp³-hybridized carbons (Fsp3) is 0.381. The van der Waals surface area contributed by atoms with Crippen molar-refractivity contribution in [1.82, 2.24) is 9.88 Å². The number of nitrogens with one attached hydrogen (secondary N) is 1. The number of nitrogens with zero attached hydrogens (tertiary/aromatic N) is 3. The third-order valence-electron chi connectivity index (χ3n) is 4.87. The summed E-state index contributed by atoms with van der Waals surface area (Å²) >= 11 is 0. The summed E-state index contributed by atoms with van der Waals surface area (Å²) in [4.78, 5) is 9.07. The van der Waals surface area contributed by atoms with Crippen molar-refractivity contribution in [3.8, 4) is 12.3 Å². The standard InChI is InChI=1S/C21H26N4O2S/c1-4-11-24-12-14-25(15-13-24)21-10-7-19(16-22-21)23-28(26,27)20-8-5-18(6-9-20)17(2)3/h1,5-10,16-17,23H,11-15H2,2-3H3. The minimum atomic E-state index is -3.64. The molecule has 28 heavy (non-hydrogen) atoms. The van der Waals surface area contributed by atoms with E-state index < -0.39 is 10.0 Å². The normalized spacial score (nSPS) is 15.4. The number of hydrogen-bond donors (Lipinski definition) is 1. The second-order valence-corrected chi connectivity index (χ2v) is 8.88. The van der Waals surface area contributed by atoms with E-state index in [-0.39, 0.29) is 4.90 Å². The molecule has 0 saturated carbocycles. The number of rotatable bonds is 6. The third kappa shape index (κ3) is 4.83. The van der Waals surface area contributed by atoms with E-state index in [2.05, 4.69) is 39.3 Å². The molecule has 1 N–H and O–H groups in total. The van der Waals surface area contributed by atoms with Crippen LogP contribution in [0.1, 0.15) is 25.3 Å². The van der Waals surface area contributed by atoms with Gasteiger partial charge in [-0.15, -0.1) is 6.42 Å². The van der Waals surface area contributed by atoms with Crippen LogP contribution in [-0.4, -0.2) is 51.0 Å². The molecular weight excluding hydrogens is 372 g/mol. The van der Waals surface area contributed by atoms with Crippen LogP contribution in [0, 0.1) is 12.3 Å². The molecule has 0 unspecified atom stereocenters. The Balaban J connectivity index is 1.64. The molecule has 6 nitrogen and oxygen atoms in total. The number of anilines is 2. The van der Waals surface area contributed by atoms with E-state index >= 15 is 0 Å². The second kappa shape index (κ2) is 8.63. The van der Waals surface area contributed by atoms with Gasteiger partial charge >= 0.3 is 0 Å². The molecule has 1 aromatic carbocycles. The van der Waals surface area contributed by atoms with Crippen LogP contribution in [0.25, 0.3) is 0 Å². The van der Waals surface area contributed by atoms with Crippen LogP contribution in [0.4, 0.5) is 11.5 Å². The summed E-state index contributed by atoms with van der Waals surface area (Å²) in [5, 5.41) is 0. The van der Waals surface area contributed by atoms with Gasteiger partial charge in [0.2, 0.25) is 0 Å². The number of sulfonamides is 1.